The molecule has 29 heavy (non-hydrogen) atoms. The summed E-state index contributed by atoms with van der Waals surface area (Å²) in [6.45, 7) is 1.91. The smallest absolute Gasteiger partial charge is 0.153 e. The minimum absolute atomic E-state index is 0.0826. The second-order valence-electron chi connectivity index (χ2n) is 7.11. The summed E-state index contributed by atoms with van der Waals surface area (Å²) in [7, 11) is -3.13. The van der Waals surface area contributed by atoms with E-state index in [9.17, 15) is 13.2 Å². The fourth-order valence-electron chi connectivity index (χ4n) is 3.06. The Morgan fingerprint density at radius 1 is 1.17 bits per heavy atom. The number of hydrogen-bond acceptors (Lipinski definition) is 5. The highest BCUT2D eigenvalue weighted by atomic mass is 35.5. The SMILES string of the molecule is Cc1cc(CCC(=O)Cc2ccc(CS(C)(=O)=O)nc2)n(-c2cccc(Cl)c2)n1. The van der Waals surface area contributed by atoms with Gasteiger partial charge in [0.25, 0.3) is 0 Å². The van der Waals surface area contributed by atoms with E-state index in [1.807, 2.05) is 35.9 Å². The third-order valence-corrected chi connectivity index (χ3v) is 5.37. The van der Waals surface area contributed by atoms with Crippen LogP contribution in [0.1, 0.15) is 29.1 Å². The Morgan fingerprint density at radius 2 is 1.97 bits per heavy atom. The van der Waals surface area contributed by atoms with E-state index in [0.29, 0.717) is 23.6 Å². The van der Waals surface area contributed by atoms with E-state index in [1.165, 1.54) is 6.26 Å². The number of halogens is 1. The molecule has 0 atom stereocenters. The molecule has 0 spiro atoms. The van der Waals surface area contributed by atoms with E-state index < -0.39 is 9.84 Å². The minimum atomic E-state index is -3.13. The third-order valence-electron chi connectivity index (χ3n) is 4.32. The van der Waals surface area contributed by atoms with Crippen molar-refractivity contribution in [2.24, 2.45) is 0 Å². The maximum atomic E-state index is 12.4. The molecule has 0 N–H and O–H groups in total. The molecular weight excluding hydrogens is 410 g/mol. The maximum absolute atomic E-state index is 12.4. The number of nitrogens with zero attached hydrogens (tertiary/aromatic N) is 3. The quantitative estimate of drug-likeness (QED) is 0.545. The summed E-state index contributed by atoms with van der Waals surface area (Å²) < 4.78 is 24.5. The molecule has 0 bridgehead atoms. The molecule has 0 aliphatic rings. The maximum Gasteiger partial charge on any atom is 0.153 e. The summed E-state index contributed by atoms with van der Waals surface area (Å²) in [6, 6.07) is 12.8. The molecule has 6 nitrogen and oxygen atoms in total. The Morgan fingerprint density at radius 3 is 2.62 bits per heavy atom. The van der Waals surface area contributed by atoms with Crippen LogP contribution in [0.15, 0.2) is 48.7 Å². The average Bonchev–Trinajstić information content (AvgIpc) is 3.01. The predicted octanol–water partition coefficient (Wildman–Crippen LogP) is 3.52. The van der Waals surface area contributed by atoms with Crippen LogP contribution in [-0.4, -0.2) is 35.2 Å². The Hall–Kier alpha value is -2.51. The molecule has 0 radical (unpaired) electrons. The van der Waals surface area contributed by atoms with E-state index in [-0.39, 0.29) is 18.0 Å². The van der Waals surface area contributed by atoms with Crippen molar-refractivity contribution in [3.8, 4) is 5.69 Å². The summed E-state index contributed by atoms with van der Waals surface area (Å²) in [5.74, 6) is -0.0205. The van der Waals surface area contributed by atoms with Gasteiger partial charge in [0, 0.05) is 36.0 Å². The lowest BCUT2D eigenvalue weighted by Crippen LogP contribution is -2.08. The largest absolute Gasteiger partial charge is 0.299 e. The van der Waals surface area contributed by atoms with Crippen LogP contribution in [0.25, 0.3) is 5.69 Å². The second-order valence-corrected chi connectivity index (χ2v) is 9.69. The van der Waals surface area contributed by atoms with E-state index >= 15 is 0 Å². The lowest BCUT2D eigenvalue weighted by atomic mass is 10.1. The van der Waals surface area contributed by atoms with Gasteiger partial charge in [0.15, 0.2) is 9.84 Å². The summed E-state index contributed by atoms with van der Waals surface area (Å²) in [5.41, 5.74) is 3.92. The lowest BCUT2D eigenvalue weighted by Gasteiger charge is -2.08. The Labute approximate surface area is 175 Å². The Bertz CT molecular complexity index is 1120. The summed E-state index contributed by atoms with van der Waals surface area (Å²) in [5, 5.41) is 5.14. The number of ketones is 1. The van der Waals surface area contributed by atoms with Gasteiger partial charge >= 0.3 is 0 Å². The van der Waals surface area contributed by atoms with Crippen LogP contribution in [0.5, 0.6) is 0 Å². The number of aryl methyl sites for hydroxylation is 2. The van der Waals surface area contributed by atoms with Gasteiger partial charge in [0.1, 0.15) is 5.78 Å². The van der Waals surface area contributed by atoms with Crippen molar-refractivity contribution in [1.29, 1.82) is 0 Å². The first-order chi connectivity index (χ1) is 13.7. The van der Waals surface area contributed by atoms with Gasteiger partial charge in [-0.05, 0) is 49.2 Å². The predicted molar refractivity (Wildman–Crippen MR) is 113 cm³/mol. The molecule has 2 heterocycles. The number of rotatable bonds is 8. The van der Waals surface area contributed by atoms with Crippen molar-refractivity contribution in [2.75, 3.05) is 6.26 Å². The van der Waals surface area contributed by atoms with Crippen LogP contribution in [0.4, 0.5) is 0 Å². The fraction of sp³-hybridized carbons (Fsp3) is 0.286. The first-order valence-electron chi connectivity index (χ1n) is 9.14. The zero-order valence-corrected chi connectivity index (χ0v) is 17.9. The molecule has 152 valence electrons. The summed E-state index contributed by atoms with van der Waals surface area (Å²) >= 11 is 6.08. The van der Waals surface area contributed by atoms with Crippen LogP contribution in [-0.2, 0) is 33.2 Å². The number of pyridine rings is 1. The number of sulfone groups is 1. The Kier molecular flexibility index (Phi) is 6.49. The highest BCUT2D eigenvalue weighted by Gasteiger charge is 2.12. The topological polar surface area (TPSA) is 81.9 Å². The highest BCUT2D eigenvalue weighted by Crippen LogP contribution is 2.18. The molecule has 0 fully saturated rings. The van der Waals surface area contributed by atoms with Crippen molar-refractivity contribution >= 4 is 27.2 Å². The number of benzene rings is 1. The lowest BCUT2D eigenvalue weighted by molar-refractivity contribution is -0.118. The number of carbonyl (C=O) groups excluding carboxylic acids is 1. The van der Waals surface area contributed by atoms with Crippen molar-refractivity contribution in [1.82, 2.24) is 14.8 Å². The molecule has 0 saturated carbocycles. The van der Waals surface area contributed by atoms with Crippen LogP contribution in [0, 0.1) is 6.92 Å². The third kappa shape index (κ3) is 6.24. The molecule has 0 amide bonds. The van der Waals surface area contributed by atoms with Crippen LogP contribution in [0.3, 0.4) is 0 Å². The van der Waals surface area contributed by atoms with E-state index in [2.05, 4.69) is 10.1 Å². The number of Topliss-reactive ketones (excluding diaryl/α,β-unsaturated/α-hetero) is 1. The van der Waals surface area contributed by atoms with E-state index in [0.717, 1.165) is 22.6 Å². The van der Waals surface area contributed by atoms with Crippen molar-refractivity contribution in [3.63, 3.8) is 0 Å². The molecular formula is C21H22ClN3O3S. The summed E-state index contributed by atoms with van der Waals surface area (Å²) in [6.07, 6.45) is 3.93. The highest BCUT2D eigenvalue weighted by molar-refractivity contribution is 7.89. The van der Waals surface area contributed by atoms with Gasteiger partial charge in [-0.15, -0.1) is 0 Å². The number of carbonyl (C=O) groups is 1. The molecule has 0 aliphatic heterocycles. The van der Waals surface area contributed by atoms with Gasteiger partial charge in [-0.3, -0.25) is 9.78 Å². The van der Waals surface area contributed by atoms with E-state index in [4.69, 9.17) is 11.6 Å². The molecule has 0 unspecified atom stereocenters. The molecule has 3 rings (SSSR count). The van der Waals surface area contributed by atoms with Crippen LogP contribution >= 0.6 is 11.6 Å². The molecule has 2 aromatic heterocycles. The van der Waals surface area contributed by atoms with Gasteiger partial charge in [-0.2, -0.15) is 5.10 Å². The Balaban J connectivity index is 1.63. The standard InChI is InChI=1S/C21H22ClN3O3S/c1-15-10-20(25(24-15)19-5-3-4-17(22)12-19)8-9-21(26)11-16-6-7-18(23-13-16)14-29(2,27)28/h3-7,10,12-13H,8-9,11,14H2,1-2H3. The van der Waals surface area contributed by atoms with Gasteiger partial charge in [-0.25, -0.2) is 13.1 Å². The van der Waals surface area contributed by atoms with Gasteiger partial charge < -0.3 is 0 Å². The molecule has 0 saturated heterocycles. The normalized spacial score (nSPS) is 11.6. The second kappa shape index (κ2) is 8.88. The molecule has 1 aromatic carbocycles. The summed E-state index contributed by atoms with van der Waals surface area (Å²) in [4.78, 5) is 16.6. The van der Waals surface area contributed by atoms with Crippen molar-refractivity contribution in [2.45, 2.75) is 31.9 Å². The zero-order valence-electron chi connectivity index (χ0n) is 16.3. The van der Waals surface area contributed by atoms with Crippen LogP contribution < -0.4 is 0 Å². The van der Waals surface area contributed by atoms with E-state index in [1.54, 1.807) is 24.4 Å². The van der Waals surface area contributed by atoms with Crippen molar-refractivity contribution < 1.29 is 13.2 Å². The molecule has 8 heteroatoms. The monoisotopic (exact) mass is 431 g/mol. The van der Waals surface area contributed by atoms with Gasteiger partial charge in [0.2, 0.25) is 0 Å². The first-order valence-corrected chi connectivity index (χ1v) is 11.6. The minimum Gasteiger partial charge on any atom is -0.299 e. The number of hydrogen-bond donors (Lipinski definition) is 0. The van der Waals surface area contributed by atoms with Gasteiger partial charge in [-0.1, -0.05) is 23.7 Å². The first kappa shape index (κ1) is 21.2. The van der Waals surface area contributed by atoms with Crippen LogP contribution in [0.2, 0.25) is 5.02 Å². The number of aromatic nitrogens is 3. The molecule has 0 aliphatic carbocycles. The fourth-order valence-corrected chi connectivity index (χ4v) is 3.95. The molecule has 3 aromatic rings. The van der Waals surface area contributed by atoms with Gasteiger partial charge in [0.05, 0.1) is 22.8 Å². The average molecular weight is 432 g/mol. The van der Waals surface area contributed by atoms with Crippen molar-refractivity contribution in [3.05, 3.63) is 76.3 Å². The zero-order chi connectivity index (χ0) is 21.0.